The molecule has 16 heavy (non-hydrogen) atoms. The van der Waals surface area contributed by atoms with Crippen LogP contribution in [0, 0.1) is 0 Å². The predicted octanol–water partition coefficient (Wildman–Crippen LogP) is 0.981. The maximum atomic E-state index is 11.4. The molecular formula is C12H23NO3. The summed E-state index contributed by atoms with van der Waals surface area (Å²) in [6.07, 6.45) is 5.62. The third kappa shape index (κ3) is 6.58. The van der Waals surface area contributed by atoms with Crippen molar-refractivity contribution in [2.75, 3.05) is 6.61 Å². The Bertz CT molecular complexity index is 216. The molecule has 0 aromatic rings. The van der Waals surface area contributed by atoms with Crippen molar-refractivity contribution in [2.45, 2.75) is 51.7 Å². The zero-order valence-electron chi connectivity index (χ0n) is 10.1. The number of amides is 1. The molecule has 0 fully saturated rings. The van der Waals surface area contributed by atoms with Crippen LogP contribution in [0.5, 0.6) is 0 Å². The number of hydrogen-bond donors (Lipinski definition) is 3. The Morgan fingerprint density at radius 1 is 1.44 bits per heavy atom. The Morgan fingerprint density at radius 3 is 2.62 bits per heavy atom. The lowest BCUT2D eigenvalue weighted by Gasteiger charge is -2.19. The van der Waals surface area contributed by atoms with E-state index in [-0.39, 0.29) is 12.5 Å². The molecule has 0 heterocycles. The number of carbonyl (C=O) groups excluding carboxylic acids is 1. The van der Waals surface area contributed by atoms with Gasteiger partial charge in [-0.3, -0.25) is 4.79 Å². The molecule has 0 aliphatic rings. The van der Waals surface area contributed by atoms with Gasteiger partial charge in [-0.15, -0.1) is 0 Å². The summed E-state index contributed by atoms with van der Waals surface area (Å²) in [4.78, 5) is 11.4. The largest absolute Gasteiger partial charge is 0.394 e. The Balaban J connectivity index is 4.07. The fraction of sp³-hybridized carbons (Fsp3) is 0.750. The minimum absolute atomic E-state index is 0.121. The van der Waals surface area contributed by atoms with Crippen LogP contribution in [0.2, 0.25) is 0 Å². The van der Waals surface area contributed by atoms with Crippen LogP contribution < -0.4 is 5.32 Å². The van der Waals surface area contributed by atoms with Crippen molar-refractivity contribution in [1.29, 1.82) is 0 Å². The number of nitrogens with one attached hydrogen (secondary N) is 1. The molecule has 0 spiro atoms. The number of rotatable bonds is 8. The molecule has 1 amide bonds. The maximum Gasteiger partial charge on any atom is 0.220 e. The molecule has 0 unspecified atom stereocenters. The number of hydrogen-bond acceptors (Lipinski definition) is 3. The van der Waals surface area contributed by atoms with E-state index in [9.17, 15) is 9.90 Å². The molecule has 0 radical (unpaired) electrons. The third-order valence-corrected chi connectivity index (χ3v) is 2.28. The topological polar surface area (TPSA) is 69.6 Å². The molecule has 0 aliphatic carbocycles. The number of unbranched alkanes of at least 4 members (excludes halogenated alkanes) is 1. The van der Waals surface area contributed by atoms with Crippen molar-refractivity contribution in [3.05, 3.63) is 12.2 Å². The average Bonchev–Trinajstić information content (AvgIpc) is 2.30. The average molecular weight is 229 g/mol. The van der Waals surface area contributed by atoms with E-state index in [4.69, 9.17) is 5.11 Å². The Hall–Kier alpha value is -0.870. The molecule has 0 aliphatic heterocycles. The van der Waals surface area contributed by atoms with Crippen molar-refractivity contribution in [3.63, 3.8) is 0 Å². The van der Waals surface area contributed by atoms with Gasteiger partial charge in [0, 0.05) is 6.42 Å². The van der Waals surface area contributed by atoms with Gasteiger partial charge < -0.3 is 15.5 Å². The summed E-state index contributed by atoms with van der Waals surface area (Å²) in [5.41, 5.74) is 0. The summed E-state index contributed by atoms with van der Waals surface area (Å²) in [7, 11) is 0. The van der Waals surface area contributed by atoms with Gasteiger partial charge in [-0.1, -0.05) is 32.4 Å². The SMILES string of the molecule is CC/C=C/[C@@H](O)[C@H](CO)NC(=O)CCCC. The molecule has 0 bridgehead atoms. The fourth-order valence-electron chi connectivity index (χ4n) is 1.26. The Morgan fingerprint density at radius 2 is 2.12 bits per heavy atom. The Labute approximate surface area is 97.4 Å². The molecule has 0 aromatic heterocycles. The van der Waals surface area contributed by atoms with Gasteiger partial charge in [-0.2, -0.15) is 0 Å². The quantitative estimate of drug-likeness (QED) is 0.543. The first-order valence-electron chi connectivity index (χ1n) is 5.90. The molecule has 0 saturated carbocycles. The van der Waals surface area contributed by atoms with Crippen LogP contribution in [-0.2, 0) is 4.79 Å². The highest BCUT2D eigenvalue weighted by Crippen LogP contribution is 1.99. The number of aliphatic hydroxyl groups is 2. The normalized spacial score (nSPS) is 15.0. The minimum atomic E-state index is -0.824. The summed E-state index contributed by atoms with van der Waals surface area (Å²) in [5.74, 6) is -0.121. The van der Waals surface area contributed by atoms with Crippen LogP contribution in [-0.4, -0.2) is 34.9 Å². The fourth-order valence-corrected chi connectivity index (χ4v) is 1.26. The van der Waals surface area contributed by atoms with Gasteiger partial charge in [0.15, 0.2) is 0 Å². The third-order valence-electron chi connectivity index (χ3n) is 2.28. The van der Waals surface area contributed by atoms with Crippen molar-refractivity contribution < 1.29 is 15.0 Å². The van der Waals surface area contributed by atoms with Crippen LogP contribution >= 0.6 is 0 Å². The molecule has 0 aromatic carbocycles. The van der Waals surface area contributed by atoms with Crippen molar-refractivity contribution in [1.82, 2.24) is 5.32 Å². The first-order chi connectivity index (χ1) is 7.65. The second-order valence-corrected chi connectivity index (χ2v) is 3.79. The van der Waals surface area contributed by atoms with Crippen molar-refractivity contribution >= 4 is 5.91 Å². The molecule has 94 valence electrons. The highest BCUT2D eigenvalue weighted by atomic mass is 16.3. The summed E-state index contributed by atoms with van der Waals surface area (Å²) < 4.78 is 0. The first-order valence-corrected chi connectivity index (χ1v) is 5.90. The van der Waals surface area contributed by atoms with E-state index < -0.39 is 12.1 Å². The lowest BCUT2D eigenvalue weighted by molar-refractivity contribution is -0.122. The molecule has 3 N–H and O–H groups in total. The second kappa shape index (κ2) is 9.36. The van der Waals surface area contributed by atoms with Gasteiger partial charge in [0.05, 0.1) is 18.8 Å². The van der Waals surface area contributed by atoms with Gasteiger partial charge in [-0.25, -0.2) is 0 Å². The summed E-state index contributed by atoms with van der Waals surface area (Å²) >= 11 is 0. The van der Waals surface area contributed by atoms with E-state index in [0.717, 1.165) is 19.3 Å². The summed E-state index contributed by atoms with van der Waals surface area (Å²) in [6, 6.07) is -0.604. The molecule has 0 rings (SSSR count). The maximum absolute atomic E-state index is 11.4. The van der Waals surface area contributed by atoms with Crippen LogP contribution in [0.25, 0.3) is 0 Å². The van der Waals surface area contributed by atoms with Gasteiger partial charge in [0.1, 0.15) is 0 Å². The van der Waals surface area contributed by atoms with Crippen LogP contribution in [0.1, 0.15) is 39.5 Å². The highest BCUT2D eigenvalue weighted by molar-refractivity contribution is 5.76. The standard InChI is InChI=1S/C12H23NO3/c1-3-5-7-11(15)10(9-14)13-12(16)8-6-4-2/h5,7,10-11,14-15H,3-4,6,8-9H2,1-2H3,(H,13,16)/b7-5+/t10-,11+/m0/s1. The van der Waals surface area contributed by atoms with E-state index >= 15 is 0 Å². The van der Waals surface area contributed by atoms with E-state index in [1.165, 1.54) is 0 Å². The predicted molar refractivity (Wildman–Crippen MR) is 64.0 cm³/mol. The molecule has 4 heteroatoms. The van der Waals surface area contributed by atoms with Crippen LogP contribution in [0.3, 0.4) is 0 Å². The summed E-state index contributed by atoms with van der Waals surface area (Å²) in [6.45, 7) is 3.71. The smallest absolute Gasteiger partial charge is 0.220 e. The summed E-state index contributed by atoms with van der Waals surface area (Å²) in [5, 5.41) is 21.3. The van der Waals surface area contributed by atoms with Gasteiger partial charge in [0.2, 0.25) is 5.91 Å². The molecule has 2 atom stereocenters. The zero-order chi connectivity index (χ0) is 12.4. The molecular weight excluding hydrogens is 206 g/mol. The monoisotopic (exact) mass is 229 g/mol. The molecule has 4 nitrogen and oxygen atoms in total. The lowest BCUT2D eigenvalue weighted by Crippen LogP contribution is -2.45. The van der Waals surface area contributed by atoms with Crippen LogP contribution in [0.15, 0.2) is 12.2 Å². The number of aliphatic hydroxyl groups excluding tert-OH is 2. The van der Waals surface area contributed by atoms with Crippen molar-refractivity contribution in [2.24, 2.45) is 0 Å². The molecule has 0 saturated heterocycles. The van der Waals surface area contributed by atoms with Crippen molar-refractivity contribution in [3.8, 4) is 0 Å². The van der Waals surface area contributed by atoms with E-state index in [0.29, 0.717) is 6.42 Å². The van der Waals surface area contributed by atoms with Crippen LogP contribution in [0.4, 0.5) is 0 Å². The van der Waals surface area contributed by atoms with Gasteiger partial charge >= 0.3 is 0 Å². The number of carbonyl (C=O) groups is 1. The lowest BCUT2D eigenvalue weighted by atomic mass is 10.1. The Kier molecular flexibility index (Phi) is 8.85. The van der Waals surface area contributed by atoms with E-state index in [1.54, 1.807) is 6.08 Å². The second-order valence-electron chi connectivity index (χ2n) is 3.79. The first kappa shape index (κ1) is 15.1. The van der Waals surface area contributed by atoms with E-state index in [1.807, 2.05) is 19.9 Å². The van der Waals surface area contributed by atoms with E-state index in [2.05, 4.69) is 5.32 Å². The minimum Gasteiger partial charge on any atom is -0.394 e. The number of allylic oxidation sites excluding steroid dienone is 1. The van der Waals surface area contributed by atoms with Gasteiger partial charge in [-0.05, 0) is 12.8 Å². The zero-order valence-corrected chi connectivity index (χ0v) is 10.1. The highest BCUT2D eigenvalue weighted by Gasteiger charge is 2.17. The van der Waals surface area contributed by atoms with Gasteiger partial charge in [0.25, 0.3) is 0 Å².